The van der Waals surface area contributed by atoms with Crippen molar-refractivity contribution in [1.82, 2.24) is 9.80 Å². The Morgan fingerprint density at radius 1 is 1.00 bits per heavy atom. The number of hydrogen-bond donors (Lipinski definition) is 1. The number of piperidine rings is 1. The highest BCUT2D eigenvalue weighted by Gasteiger charge is 2.17. The Bertz CT molecular complexity index is 192. The van der Waals surface area contributed by atoms with Crippen LogP contribution in [0.25, 0.3) is 0 Å². The third-order valence-electron chi connectivity index (χ3n) is 3.38. The summed E-state index contributed by atoms with van der Waals surface area (Å²) < 4.78 is 5.33. The first kappa shape index (κ1) is 17.4. The second-order valence-corrected chi connectivity index (χ2v) is 4.66. The van der Waals surface area contributed by atoms with Gasteiger partial charge in [0.1, 0.15) is 0 Å². The van der Waals surface area contributed by atoms with E-state index in [1.165, 1.54) is 32.5 Å². The molecule has 0 bridgehead atoms. The van der Waals surface area contributed by atoms with E-state index in [-0.39, 0.29) is 24.8 Å². The summed E-state index contributed by atoms with van der Waals surface area (Å²) in [6.45, 7) is 8.67. The Kier molecular flexibility index (Phi) is 9.59. The zero-order valence-corrected chi connectivity index (χ0v) is 12.0. The van der Waals surface area contributed by atoms with E-state index < -0.39 is 0 Å². The molecule has 1 atom stereocenters. The lowest BCUT2D eigenvalue weighted by molar-refractivity contribution is 0.0320. The summed E-state index contributed by atoms with van der Waals surface area (Å²) in [5.74, 6) is 0. The van der Waals surface area contributed by atoms with E-state index in [1.54, 1.807) is 0 Å². The summed E-state index contributed by atoms with van der Waals surface area (Å²) in [6, 6.07) is 0.406. The van der Waals surface area contributed by atoms with Gasteiger partial charge in [-0.3, -0.25) is 4.90 Å². The molecule has 0 saturated carbocycles. The minimum Gasteiger partial charge on any atom is -0.379 e. The Balaban J connectivity index is 0.00000128. The molecule has 0 amide bonds. The first-order valence-electron chi connectivity index (χ1n) is 6.12. The van der Waals surface area contributed by atoms with E-state index >= 15 is 0 Å². The predicted octanol–water partition coefficient (Wildman–Crippen LogP) is 0.585. The Labute approximate surface area is 117 Å². The smallest absolute Gasteiger partial charge is 0.0594 e. The van der Waals surface area contributed by atoms with Crippen molar-refractivity contribution in [2.24, 2.45) is 5.73 Å². The summed E-state index contributed by atoms with van der Waals surface area (Å²) >= 11 is 0. The number of morpholine rings is 1. The summed E-state index contributed by atoms with van der Waals surface area (Å²) in [7, 11) is 0. The predicted molar refractivity (Wildman–Crippen MR) is 75.4 cm³/mol. The first-order valence-corrected chi connectivity index (χ1v) is 6.12. The van der Waals surface area contributed by atoms with Crippen LogP contribution >= 0.6 is 24.8 Å². The summed E-state index contributed by atoms with van der Waals surface area (Å²) in [4.78, 5) is 4.99. The molecule has 0 spiro atoms. The minimum atomic E-state index is 0. The number of halogens is 2. The number of ether oxygens (including phenoxy) is 1. The van der Waals surface area contributed by atoms with Crippen molar-refractivity contribution >= 4 is 24.8 Å². The summed E-state index contributed by atoms with van der Waals surface area (Å²) in [5.41, 5.74) is 5.96. The zero-order valence-electron chi connectivity index (χ0n) is 10.3. The van der Waals surface area contributed by atoms with Crippen molar-refractivity contribution in [2.45, 2.75) is 18.9 Å². The van der Waals surface area contributed by atoms with Crippen LogP contribution in [0.3, 0.4) is 0 Å². The van der Waals surface area contributed by atoms with Gasteiger partial charge in [0.15, 0.2) is 0 Å². The molecule has 104 valence electrons. The normalized spacial score (nSPS) is 27.0. The van der Waals surface area contributed by atoms with Crippen LogP contribution in [0, 0.1) is 0 Å². The van der Waals surface area contributed by atoms with Crippen LogP contribution in [-0.4, -0.2) is 68.3 Å². The van der Waals surface area contributed by atoms with Gasteiger partial charge in [-0.05, 0) is 19.4 Å². The van der Waals surface area contributed by atoms with Gasteiger partial charge >= 0.3 is 0 Å². The molecule has 0 unspecified atom stereocenters. The average molecular weight is 286 g/mol. The minimum absolute atomic E-state index is 0. The molecule has 6 heteroatoms. The Morgan fingerprint density at radius 3 is 2.29 bits per heavy atom. The van der Waals surface area contributed by atoms with Gasteiger partial charge in [-0.2, -0.15) is 0 Å². The molecule has 2 aliphatic heterocycles. The number of nitrogens with zero attached hydrogens (tertiary/aromatic N) is 2. The maximum absolute atomic E-state index is 5.96. The maximum atomic E-state index is 5.96. The standard InChI is InChI=1S/C11H23N3O.2ClH/c12-11-2-1-3-14(10-11)5-4-13-6-8-15-9-7-13;;/h11H,1-10,12H2;2*1H/t11-;;/m1../s1. The Morgan fingerprint density at radius 2 is 1.65 bits per heavy atom. The van der Waals surface area contributed by atoms with Gasteiger partial charge in [-0.1, -0.05) is 0 Å². The van der Waals surface area contributed by atoms with Crippen LogP contribution < -0.4 is 5.73 Å². The second kappa shape index (κ2) is 9.36. The molecular weight excluding hydrogens is 261 g/mol. The van der Waals surface area contributed by atoms with Gasteiger partial charge in [0, 0.05) is 38.8 Å². The summed E-state index contributed by atoms with van der Waals surface area (Å²) in [6.07, 6.45) is 2.47. The number of nitrogens with two attached hydrogens (primary N) is 1. The van der Waals surface area contributed by atoms with Crippen molar-refractivity contribution in [3.05, 3.63) is 0 Å². The van der Waals surface area contributed by atoms with Crippen LogP contribution in [0.5, 0.6) is 0 Å². The molecule has 0 aromatic rings. The molecule has 2 fully saturated rings. The largest absolute Gasteiger partial charge is 0.379 e. The third-order valence-corrected chi connectivity index (χ3v) is 3.38. The topological polar surface area (TPSA) is 41.7 Å². The third kappa shape index (κ3) is 6.22. The van der Waals surface area contributed by atoms with Gasteiger partial charge < -0.3 is 15.4 Å². The fourth-order valence-corrected chi connectivity index (χ4v) is 2.40. The van der Waals surface area contributed by atoms with Crippen molar-refractivity contribution in [3.8, 4) is 0 Å². The number of hydrogen-bond acceptors (Lipinski definition) is 4. The molecule has 0 aromatic heterocycles. The fraction of sp³-hybridized carbons (Fsp3) is 1.00. The Hall–Kier alpha value is 0.420. The monoisotopic (exact) mass is 285 g/mol. The highest BCUT2D eigenvalue weighted by atomic mass is 35.5. The fourth-order valence-electron chi connectivity index (χ4n) is 2.40. The second-order valence-electron chi connectivity index (χ2n) is 4.66. The van der Waals surface area contributed by atoms with Crippen LogP contribution in [0.15, 0.2) is 0 Å². The quantitative estimate of drug-likeness (QED) is 0.824. The molecule has 2 heterocycles. The van der Waals surface area contributed by atoms with Crippen molar-refractivity contribution < 1.29 is 4.74 Å². The van der Waals surface area contributed by atoms with E-state index in [0.29, 0.717) is 6.04 Å². The van der Waals surface area contributed by atoms with Crippen molar-refractivity contribution in [3.63, 3.8) is 0 Å². The summed E-state index contributed by atoms with van der Waals surface area (Å²) in [5, 5.41) is 0. The maximum Gasteiger partial charge on any atom is 0.0594 e. The zero-order chi connectivity index (χ0) is 10.5. The lowest BCUT2D eigenvalue weighted by atomic mass is 10.1. The highest BCUT2D eigenvalue weighted by Crippen LogP contribution is 2.08. The lowest BCUT2D eigenvalue weighted by Crippen LogP contribution is -2.47. The van der Waals surface area contributed by atoms with Gasteiger partial charge in [0.25, 0.3) is 0 Å². The van der Waals surface area contributed by atoms with Crippen molar-refractivity contribution in [1.29, 1.82) is 0 Å². The number of rotatable bonds is 3. The molecule has 2 aliphatic rings. The van der Waals surface area contributed by atoms with Crippen LogP contribution in [0.2, 0.25) is 0 Å². The van der Waals surface area contributed by atoms with E-state index in [9.17, 15) is 0 Å². The molecule has 0 aromatic carbocycles. The van der Waals surface area contributed by atoms with E-state index in [4.69, 9.17) is 10.5 Å². The molecule has 0 aliphatic carbocycles. The molecular formula is C11H25Cl2N3O. The molecule has 2 N–H and O–H groups in total. The van der Waals surface area contributed by atoms with E-state index in [0.717, 1.165) is 32.8 Å². The number of likely N-dealkylation sites (tertiary alicyclic amines) is 1. The van der Waals surface area contributed by atoms with Crippen LogP contribution in [0.1, 0.15) is 12.8 Å². The van der Waals surface area contributed by atoms with Crippen molar-refractivity contribution in [2.75, 3.05) is 52.5 Å². The SMILES string of the molecule is Cl.Cl.N[C@@H]1CCCN(CCN2CCOCC2)C1. The first-order chi connectivity index (χ1) is 7.34. The van der Waals surface area contributed by atoms with Crippen LogP contribution in [-0.2, 0) is 4.74 Å². The van der Waals surface area contributed by atoms with Gasteiger partial charge in [-0.15, -0.1) is 24.8 Å². The lowest BCUT2D eigenvalue weighted by Gasteiger charge is -2.33. The van der Waals surface area contributed by atoms with E-state index in [1.807, 2.05) is 0 Å². The van der Waals surface area contributed by atoms with Gasteiger partial charge in [0.05, 0.1) is 13.2 Å². The molecule has 2 saturated heterocycles. The highest BCUT2D eigenvalue weighted by molar-refractivity contribution is 5.85. The molecule has 2 rings (SSSR count). The van der Waals surface area contributed by atoms with Crippen LogP contribution in [0.4, 0.5) is 0 Å². The average Bonchev–Trinajstić information content (AvgIpc) is 2.28. The van der Waals surface area contributed by atoms with Gasteiger partial charge in [-0.25, -0.2) is 0 Å². The van der Waals surface area contributed by atoms with Gasteiger partial charge in [0.2, 0.25) is 0 Å². The molecule has 4 nitrogen and oxygen atoms in total. The molecule has 0 radical (unpaired) electrons. The molecule has 17 heavy (non-hydrogen) atoms. The van der Waals surface area contributed by atoms with E-state index in [2.05, 4.69) is 9.80 Å².